The second-order valence-corrected chi connectivity index (χ2v) is 5.27. The molecule has 0 aliphatic heterocycles. The minimum atomic E-state index is -3.34. The molecule has 0 aliphatic carbocycles. The van der Waals surface area contributed by atoms with Gasteiger partial charge in [0.1, 0.15) is 0 Å². The molecule has 0 rings (SSSR count). The summed E-state index contributed by atoms with van der Waals surface area (Å²) in [6, 6.07) is 0. The van der Waals surface area contributed by atoms with Crippen molar-refractivity contribution in [3.05, 3.63) is 0 Å². The van der Waals surface area contributed by atoms with Crippen molar-refractivity contribution in [2.75, 3.05) is 12.8 Å². The predicted molar refractivity (Wildman–Crippen MR) is 57.2 cm³/mol. The van der Waals surface area contributed by atoms with E-state index < -0.39 is 10.1 Å². The second kappa shape index (κ2) is 7.20. The number of hydroxylamine groups is 1. The third-order valence-electron chi connectivity index (χ3n) is 2.13. The van der Waals surface area contributed by atoms with Crippen LogP contribution in [0.1, 0.15) is 39.5 Å². The average molecular weight is 223 g/mol. The Labute approximate surface area is 87.1 Å². The van der Waals surface area contributed by atoms with Crippen LogP contribution in [0, 0.1) is 5.92 Å². The summed E-state index contributed by atoms with van der Waals surface area (Å²) >= 11 is 0. The molecule has 0 radical (unpaired) electrons. The van der Waals surface area contributed by atoms with E-state index in [0.717, 1.165) is 25.0 Å². The fourth-order valence-electron chi connectivity index (χ4n) is 1.04. The molecule has 14 heavy (non-hydrogen) atoms. The molecule has 0 aliphatic rings. The molecule has 0 heterocycles. The molecule has 1 unspecified atom stereocenters. The summed E-state index contributed by atoms with van der Waals surface area (Å²) in [5, 5.41) is 0. The SMILES string of the molecule is CCC(C)CCCCNOS(C)(=O)=O. The zero-order valence-corrected chi connectivity index (χ0v) is 10.1. The monoisotopic (exact) mass is 223 g/mol. The molecule has 0 spiro atoms. The lowest BCUT2D eigenvalue weighted by Crippen LogP contribution is -2.20. The Kier molecular flexibility index (Phi) is 7.13. The van der Waals surface area contributed by atoms with E-state index in [1.165, 1.54) is 12.8 Å². The standard InChI is InChI=1S/C9H21NO3S/c1-4-9(2)7-5-6-8-10-13-14(3,11)12/h9-10H,4-8H2,1-3H3. The maximum Gasteiger partial charge on any atom is 0.280 e. The Balaban J connectivity index is 3.23. The lowest BCUT2D eigenvalue weighted by atomic mass is 10.0. The average Bonchev–Trinajstić information content (AvgIpc) is 2.08. The van der Waals surface area contributed by atoms with E-state index in [4.69, 9.17) is 0 Å². The number of hydrogen-bond donors (Lipinski definition) is 1. The summed E-state index contributed by atoms with van der Waals surface area (Å²) in [5.41, 5.74) is 2.43. The maximum atomic E-state index is 10.5. The highest BCUT2D eigenvalue weighted by Crippen LogP contribution is 2.10. The van der Waals surface area contributed by atoms with E-state index in [9.17, 15) is 8.42 Å². The van der Waals surface area contributed by atoms with Gasteiger partial charge in [-0.1, -0.05) is 33.1 Å². The highest BCUT2D eigenvalue weighted by atomic mass is 32.2. The number of unbranched alkanes of at least 4 members (excludes halogenated alkanes) is 1. The smallest absolute Gasteiger partial charge is 0.198 e. The van der Waals surface area contributed by atoms with E-state index in [2.05, 4.69) is 23.6 Å². The zero-order valence-electron chi connectivity index (χ0n) is 9.25. The van der Waals surface area contributed by atoms with Gasteiger partial charge in [-0.15, -0.1) is 0 Å². The van der Waals surface area contributed by atoms with Crippen LogP contribution in [-0.4, -0.2) is 21.2 Å². The summed E-state index contributed by atoms with van der Waals surface area (Å²) in [4.78, 5) is 0. The van der Waals surface area contributed by atoms with Crippen molar-refractivity contribution < 1.29 is 12.7 Å². The molecule has 4 nitrogen and oxygen atoms in total. The van der Waals surface area contributed by atoms with Crippen LogP contribution in [0.15, 0.2) is 0 Å². The molecule has 1 N–H and O–H groups in total. The largest absolute Gasteiger partial charge is 0.280 e. The van der Waals surface area contributed by atoms with Crippen molar-refractivity contribution >= 4 is 10.1 Å². The second-order valence-electron chi connectivity index (χ2n) is 3.69. The number of rotatable bonds is 8. The van der Waals surface area contributed by atoms with Crippen molar-refractivity contribution in [1.82, 2.24) is 5.48 Å². The molecule has 0 saturated carbocycles. The van der Waals surface area contributed by atoms with Crippen LogP contribution in [0.2, 0.25) is 0 Å². The zero-order chi connectivity index (χ0) is 11.0. The third kappa shape index (κ3) is 9.95. The first kappa shape index (κ1) is 13.9. The van der Waals surface area contributed by atoms with Gasteiger partial charge in [0.05, 0.1) is 6.26 Å². The topological polar surface area (TPSA) is 55.4 Å². The Morgan fingerprint density at radius 2 is 2.00 bits per heavy atom. The molecule has 1 atom stereocenters. The lowest BCUT2D eigenvalue weighted by molar-refractivity contribution is 0.203. The van der Waals surface area contributed by atoms with Gasteiger partial charge in [-0.3, -0.25) is 0 Å². The summed E-state index contributed by atoms with van der Waals surface area (Å²) in [5.74, 6) is 0.755. The molecule has 0 aromatic rings. The Hall–Kier alpha value is -0.130. The van der Waals surface area contributed by atoms with Crippen LogP contribution in [-0.2, 0) is 14.4 Å². The van der Waals surface area contributed by atoms with Crippen molar-refractivity contribution in [2.24, 2.45) is 5.92 Å². The molecule has 0 bridgehead atoms. The van der Waals surface area contributed by atoms with Gasteiger partial charge in [0.15, 0.2) is 0 Å². The Morgan fingerprint density at radius 3 is 2.50 bits per heavy atom. The van der Waals surface area contributed by atoms with Gasteiger partial charge in [-0.05, 0) is 12.3 Å². The third-order valence-corrected chi connectivity index (χ3v) is 2.55. The van der Waals surface area contributed by atoms with Crippen molar-refractivity contribution in [3.63, 3.8) is 0 Å². The fraction of sp³-hybridized carbons (Fsp3) is 1.00. The molecular formula is C9H21NO3S. The van der Waals surface area contributed by atoms with E-state index in [0.29, 0.717) is 6.54 Å². The molecule has 86 valence electrons. The molecular weight excluding hydrogens is 202 g/mol. The van der Waals surface area contributed by atoms with Crippen molar-refractivity contribution in [2.45, 2.75) is 39.5 Å². The summed E-state index contributed by atoms with van der Waals surface area (Å²) in [6.45, 7) is 4.99. The quantitative estimate of drug-likeness (QED) is 0.502. The van der Waals surface area contributed by atoms with E-state index >= 15 is 0 Å². The van der Waals surface area contributed by atoms with Gasteiger partial charge >= 0.3 is 0 Å². The van der Waals surface area contributed by atoms with Crippen molar-refractivity contribution in [3.8, 4) is 0 Å². The van der Waals surface area contributed by atoms with E-state index in [1.54, 1.807) is 0 Å². The Bertz CT molecular complexity index is 226. The van der Waals surface area contributed by atoms with Crippen LogP contribution in [0.4, 0.5) is 0 Å². The van der Waals surface area contributed by atoms with Crippen LogP contribution in [0.5, 0.6) is 0 Å². The van der Waals surface area contributed by atoms with Crippen molar-refractivity contribution in [1.29, 1.82) is 0 Å². The van der Waals surface area contributed by atoms with Crippen LogP contribution in [0.25, 0.3) is 0 Å². The molecule has 0 amide bonds. The molecule has 0 aromatic carbocycles. The first-order valence-electron chi connectivity index (χ1n) is 5.07. The van der Waals surface area contributed by atoms with Crippen LogP contribution >= 0.6 is 0 Å². The summed E-state index contributed by atoms with van der Waals surface area (Å²) < 4.78 is 25.5. The first-order valence-corrected chi connectivity index (χ1v) is 6.88. The first-order chi connectivity index (χ1) is 6.45. The molecule has 0 saturated heterocycles. The Morgan fingerprint density at radius 1 is 1.36 bits per heavy atom. The lowest BCUT2D eigenvalue weighted by Gasteiger charge is -2.07. The maximum absolute atomic E-state index is 10.5. The molecule has 5 heteroatoms. The fourth-order valence-corrected chi connectivity index (χ4v) is 1.34. The summed E-state index contributed by atoms with van der Waals surface area (Å²) in [7, 11) is -3.34. The normalized spacial score (nSPS) is 14.2. The minimum absolute atomic E-state index is 0.587. The summed E-state index contributed by atoms with van der Waals surface area (Å²) in [6.07, 6.45) is 5.47. The van der Waals surface area contributed by atoms with E-state index in [-0.39, 0.29) is 0 Å². The van der Waals surface area contributed by atoms with Gasteiger partial charge in [-0.25, -0.2) is 0 Å². The highest BCUT2D eigenvalue weighted by molar-refractivity contribution is 7.85. The van der Waals surface area contributed by atoms with E-state index in [1.807, 2.05) is 0 Å². The number of nitrogens with one attached hydrogen (secondary N) is 1. The van der Waals surface area contributed by atoms with Gasteiger partial charge in [-0.2, -0.15) is 18.2 Å². The number of hydrogen-bond acceptors (Lipinski definition) is 4. The van der Waals surface area contributed by atoms with Gasteiger partial charge in [0.2, 0.25) is 0 Å². The van der Waals surface area contributed by atoms with Crippen LogP contribution in [0.3, 0.4) is 0 Å². The molecule has 0 fully saturated rings. The minimum Gasteiger partial charge on any atom is -0.198 e. The van der Waals surface area contributed by atoms with Crippen LogP contribution < -0.4 is 5.48 Å². The predicted octanol–water partition coefficient (Wildman–Crippen LogP) is 1.68. The van der Waals surface area contributed by atoms with Gasteiger partial charge in [0, 0.05) is 6.54 Å². The van der Waals surface area contributed by atoms with Gasteiger partial charge < -0.3 is 0 Å². The van der Waals surface area contributed by atoms with Gasteiger partial charge in [0.25, 0.3) is 10.1 Å². The molecule has 0 aromatic heterocycles. The highest BCUT2D eigenvalue weighted by Gasteiger charge is 2.01.